The van der Waals surface area contributed by atoms with Crippen LogP contribution in [-0.2, 0) is 4.79 Å². The zero-order valence-electron chi connectivity index (χ0n) is 20.2. The summed E-state index contributed by atoms with van der Waals surface area (Å²) in [6, 6.07) is 13.2. The molecule has 170 valence electrons. The number of nitrogens with zero attached hydrogens (tertiary/aromatic N) is 3. The van der Waals surface area contributed by atoms with Gasteiger partial charge in [0.05, 0.1) is 22.6 Å². The summed E-state index contributed by atoms with van der Waals surface area (Å²) < 4.78 is 1.72. The van der Waals surface area contributed by atoms with Crippen LogP contribution in [0.1, 0.15) is 70.0 Å². The Morgan fingerprint density at radius 3 is 2.50 bits per heavy atom. The van der Waals surface area contributed by atoms with Crippen molar-refractivity contribution in [1.29, 1.82) is 0 Å². The summed E-state index contributed by atoms with van der Waals surface area (Å²) in [5, 5.41) is 0.581. The van der Waals surface area contributed by atoms with Crippen molar-refractivity contribution in [3.8, 4) is 5.69 Å². The Morgan fingerprint density at radius 1 is 1.09 bits per heavy atom. The normalized spacial score (nSPS) is 12.3. The molecule has 1 atom stereocenters. The minimum absolute atomic E-state index is 0.100. The van der Waals surface area contributed by atoms with Crippen molar-refractivity contribution in [3.63, 3.8) is 0 Å². The molecule has 0 saturated carbocycles. The number of aromatic nitrogens is 2. The van der Waals surface area contributed by atoms with Gasteiger partial charge < -0.3 is 4.90 Å². The number of rotatable bonds is 8. The number of hydrogen-bond acceptors (Lipinski definition) is 3. The average molecular weight is 434 g/mol. The lowest BCUT2D eigenvalue weighted by Crippen LogP contribution is -2.39. The fourth-order valence-electron chi connectivity index (χ4n) is 4.10. The summed E-state index contributed by atoms with van der Waals surface area (Å²) in [4.78, 5) is 33.7. The van der Waals surface area contributed by atoms with Gasteiger partial charge in [-0.2, -0.15) is 0 Å². The van der Waals surface area contributed by atoms with Gasteiger partial charge in [-0.25, -0.2) is 4.98 Å². The van der Waals surface area contributed by atoms with E-state index in [-0.39, 0.29) is 17.5 Å². The van der Waals surface area contributed by atoms with E-state index in [1.54, 1.807) is 4.57 Å². The van der Waals surface area contributed by atoms with E-state index in [2.05, 4.69) is 20.8 Å². The molecule has 0 N–H and O–H groups in total. The van der Waals surface area contributed by atoms with E-state index < -0.39 is 0 Å². The number of fused-ring (bicyclic) bond motifs is 1. The molecule has 3 rings (SSSR count). The lowest BCUT2D eigenvalue weighted by Gasteiger charge is -2.32. The van der Waals surface area contributed by atoms with Crippen molar-refractivity contribution in [1.82, 2.24) is 14.5 Å². The minimum atomic E-state index is -0.334. The van der Waals surface area contributed by atoms with Crippen LogP contribution in [0.15, 0.2) is 47.3 Å². The van der Waals surface area contributed by atoms with Gasteiger partial charge >= 0.3 is 0 Å². The van der Waals surface area contributed by atoms with Gasteiger partial charge in [-0.15, -0.1) is 0 Å². The molecule has 5 heteroatoms. The first-order chi connectivity index (χ1) is 15.2. The molecule has 0 aliphatic carbocycles. The van der Waals surface area contributed by atoms with Crippen molar-refractivity contribution in [2.45, 2.75) is 66.8 Å². The molecule has 0 saturated heterocycles. The molecular weight excluding hydrogens is 398 g/mol. The van der Waals surface area contributed by atoms with E-state index in [1.165, 1.54) is 0 Å². The molecule has 0 aliphatic heterocycles. The molecule has 3 aromatic rings. The van der Waals surface area contributed by atoms with Gasteiger partial charge in [-0.05, 0) is 62.4 Å². The summed E-state index contributed by atoms with van der Waals surface area (Å²) in [5.41, 5.74) is 3.45. The Labute approximate surface area is 191 Å². The smallest absolute Gasteiger partial charge is 0.266 e. The Hall–Kier alpha value is -2.95. The predicted octanol–water partition coefficient (Wildman–Crippen LogP) is 5.74. The Bertz CT molecular complexity index is 1160. The second-order valence-electron chi connectivity index (χ2n) is 9.14. The predicted molar refractivity (Wildman–Crippen MR) is 131 cm³/mol. The lowest BCUT2D eigenvalue weighted by atomic mass is 10.1. The van der Waals surface area contributed by atoms with Gasteiger partial charge in [-0.3, -0.25) is 14.2 Å². The van der Waals surface area contributed by atoms with Gasteiger partial charge in [0, 0.05) is 13.0 Å². The molecule has 5 nitrogen and oxygen atoms in total. The zero-order valence-corrected chi connectivity index (χ0v) is 20.2. The molecular formula is C27H35N3O2. The molecule has 1 heterocycles. The number of benzene rings is 2. The molecule has 2 aromatic carbocycles. The highest BCUT2D eigenvalue weighted by Crippen LogP contribution is 2.26. The molecule has 1 aromatic heterocycles. The van der Waals surface area contributed by atoms with Crippen molar-refractivity contribution in [3.05, 3.63) is 69.8 Å². The summed E-state index contributed by atoms with van der Waals surface area (Å²) in [5.74, 6) is 1.03. The van der Waals surface area contributed by atoms with Crippen LogP contribution < -0.4 is 5.56 Å². The molecule has 0 fully saturated rings. The highest BCUT2D eigenvalue weighted by atomic mass is 16.2. The van der Waals surface area contributed by atoms with Gasteiger partial charge in [0.25, 0.3) is 5.56 Å². The topological polar surface area (TPSA) is 55.2 Å². The standard InChI is InChI=1S/C27H35N3O2/c1-7-8-13-25(31)29(17-18(2)3)21(6)26-28-23-12-10-9-11-22(23)27(32)30(26)24-16-19(4)14-15-20(24)5/h9-12,14-16,18,21H,7-8,13,17H2,1-6H3/t21-/m0/s1. The molecule has 0 bridgehead atoms. The molecule has 32 heavy (non-hydrogen) atoms. The third kappa shape index (κ3) is 4.93. The summed E-state index contributed by atoms with van der Waals surface area (Å²) in [7, 11) is 0. The number of carbonyl (C=O) groups excluding carboxylic acids is 1. The third-order valence-electron chi connectivity index (χ3n) is 5.87. The van der Waals surface area contributed by atoms with Crippen LogP contribution in [0.4, 0.5) is 0 Å². The molecule has 0 aliphatic rings. The number of amides is 1. The largest absolute Gasteiger partial charge is 0.333 e. The van der Waals surface area contributed by atoms with Gasteiger partial charge in [0.1, 0.15) is 5.82 Å². The van der Waals surface area contributed by atoms with E-state index in [0.717, 1.165) is 29.7 Å². The quantitative estimate of drug-likeness (QED) is 0.455. The first-order valence-corrected chi connectivity index (χ1v) is 11.6. The molecule has 0 radical (unpaired) electrons. The number of carbonyl (C=O) groups is 1. The highest BCUT2D eigenvalue weighted by molar-refractivity contribution is 5.79. The van der Waals surface area contributed by atoms with Crippen molar-refractivity contribution in [2.24, 2.45) is 5.92 Å². The monoisotopic (exact) mass is 433 g/mol. The zero-order chi connectivity index (χ0) is 23.4. The number of para-hydroxylation sites is 1. The van der Waals surface area contributed by atoms with Crippen molar-refractivity contribution >= 4 is 16.8 Å². The number of aryl methyl sites for hydroxylation is 2. The Balaban J connectivity index is 2.26. The van der Waals surface area contributed by atoms with Crippen LogP contribution in [0.3, 0.4) is 0 Å². The van der Waals surface area contributed by atoms with Crippen LogP contribution in [0.2, 0.25) is 0 Å². The summed E-state index contributed by atoms with van der Waals surface area (Å²) in [6.45, 7) is 12.9. The second kappa shape index (κ2) is 10.1. The molecule has 0 unspecified atom stereocenters. The van der Waals surface area contributed by atoms with Gasteiger partial charge in [0.2, 0.25) is 5.91 Å². The van der Waals surface area contributed by atoms with Gasteiger partial charge in [0.15, 0.2) is 0 Å². The van der Waals surface area contributed by atoms with Crippen LogP contribution >= 0.6 is 0 Å². The fourth-order valence-corrected chi connectivity index (χ4v) is 4.10. The Kier molecular flexibility index (Phi) is 7.49. The van der Waals surface area contributed by atoms with Gasteiger partial charge in [-0.1, -0.05) is 51.5 Å². The van der Waals surface area contributed by atoms with E-state index in [1.807, 2.05) is 68.1 Å². The summed E-state index contributed by atoms with van der Waals surface area (Å²) in [6.07, 6.45) is 2.33. The Morgan fingerprint density at radius 2 is 1.81 bits per heavy atom. The maximum absolute atomic E-state index is 13.7. The first kappa shape index (κ1) is 23.7. The van der Waals surface area contributed by atoms with E-state index in [4.69, 9.17) is 4.98 Å². The average Bonchev–Trinajstić information content (AvgIpc) is 2.77. The van der Waals surface area contributed by atoms with E-state index in [0.29, 0.717) is 35.6 Å². The maximum atomic E-state index is 13.7. The van der Waals surface area contributed by atoms with Crippen LogP contribution in [0, 0.1) is 19.8 Å². The molecule has 1 amide bonds. The maximum Gasteiger partial charge on any atom is 0.266 e. The van der Waals surface area contributed by atoms with Crippen LogP contribution in [0.5, 0.6) is 0 Å². The van der Waals surface area contributed by atoms with Crippen molar-refractivity contribution < 1.29 is 4.79 Å². The first-order valence-electron chi connectivity index (χ1n) is 11.6. The van der Waals surface area contributed by atoms with E-state index >= 15 is 0 Å². The number of unbranched alkanes of at least 4 members (excludes halogenated alkanes) is 1. The van der Waals surface area contributed by atoms with Crippen LogP contribution in [0.25, 0.3) is 16.6 Å². The lowest BCUT2D eigenvalue weighted by molar-refractivity contribution is -0.134. The third-order valence-corrected chi connectivity index (χ3v) is 5.87. The molecule has 0 spiro atoms. The summed E-state index contributed by atoms with van der Waals surface area (Å²) >= 11 is 0. The highest BCUT2D eigenvalue weighted by Gasteiger charge is 2.27. The second-order valence-corrected chi connectivity index (χ2v) is 9.14. The minimum Gasteiger partial charge on any atom is -0.333 e. The van der Waals surface area contributed by atoms with E-state index in [9.17, 15) is 9.59 Å². The SMILES string of the molecule is CCCCC(=O)N(CC(C)C)[C@@H](C)c1nc2ccccc2c(=O)n1-c1cc(C)ccc1C. The van der Waals surface area contributed by atoms with Crippen molar-refractivity contribution in [2.75, 3.05) is 6.54 Å². The fraction of sp³-hybridized carbons (Fsp3) is 0.444. The van der Waals surface area contributed by atoms with Crippen LogP contribution in [-0.4, -0.2) is 26.9 Å². The number of hydrogen-bond donors (Lipinski definition) is 0.